The molecule has 166 valence electrons. The van der Waals surface area contributed by atoms with Crippen LogP contribution in [0.15, 0.2) is 40.5 Å². The van der Waals surface area contributed by atoms with Crippen molar-refractivity contribution >= 4 is 11.9 Å². The third kappa shape index (κ3) is 6.62. The van der Waals surface area contributed by atoms with Gasteiger partial charge in [-0.1, -0.05) is 19.9 Å². The molecule has 2 aliphatic rings. The van der Waals surface area contributed by atoms with Crippen molar-refractivity contribution in [3.05, 3.63) is 36.8 Å². The van der Waals surface area contributed by atoms with Crippen LogP contribution in [0.5, 0.6) is 0 Å². The molecule has 0 bridgehead atoms. The van der Waals surface area contributed by atoms with Crippen LogP contribution >= 0.6 is 0 Å². The number of hydrogen-bond acceptors (Lipinski definition) is 4. The lowest BCUT2D eigenvalue weighted by molar-refractivity contribution is -0.135. The topological polar surface area (TPSA) is 64.3 Å². The number of hydrogen-bond donors (Lipinski definition) is 1. The number of carbonyl (C=O) groups excluding carboxylic acids is 1. The summed E-state index contributed by atoms with van der Waals surface area (Å²) in [5.41, 5.74) is 0. The van der Waals surface area contributed by atoms with E-state index < -0.39 is 0 Å². The van der Waals surface area contributed by atoms with Gasteiger partial charge in [0.1, 0.15) is 5.76 Å². The van der Waals surface area contributed by atoms with E-state index in [0.29, 0.717) is 31.5 Å². The van der Waals surface area contributed by atoms with Gasteiger partial charge in [-0.05, 0) is 30.4 Å². The molecule has 1 N–H and O–H groups in total. The molecule has 0 saturated carbocycles. The number of nitrogens with zero attached hydrogens (tertiary/aromatic N) is 4. The molecule has 2 fully saturated rings. The molecule has 1 aromatic heterocycles. The molecule has 7 heteroatoms. The summed E-state index contributed by atoms with van der Waals surface area (Å²) in [6.07, 6.45) is 5.55. The Labute approximate surface area is 180 Å². The van der Waals surface area contributed by atoms with Crippen molar-refractivity contribution in [2.75, 3.05) is 58.9 Å². The van der Waals surface area contributed by atoms with Gasteiger partial charge in [-0.3, -0.25) is 14.7 Å². The summed E-state index contributed by atoms with van der Waals surface area (Å²) in [6, 6.07) is 3.88. The van der Waals surface area contributed by atoms with Crippen molar-refractivity contribution in [3.8, 4) is 0 Å². The predicted molar refractivity (Wildman–Crippen MR) is 120 cm³/mol. The Kier molecular flexibility index (Phi) is 8.37. The van der Waals surface area contributed by atoms with Gasteiger partial charge in [0.05, 0.1) is 12.8 Å². The van der Waals surface area contributed by atoms with Crippen LogP contribution in [0.25, 0.3) is 0 Å². The van der Waals surface area contributed by atoms with Crippen molar-refractivity contribution in [1.82, 2.24) is 20.0 Å². The SMILES string of the molecule is C=CCNC(=NCCc1ccco1)N1CCN(CC(=O)N2CC(C)CC(C)C2)CC1. The molecule has 1 amide bonds. The molecule has 2 unspecified atom stereocenters. The highest BCUT2D eigenvalue weighted by Crippen LogP contribution is 2.21. The zero-order valence-corrected chi connectivity index (χ0v) is 18.6. The lowest BCUT2D eigenvalue weighted by Crippen LogP contribution is -2.55. The Bertz CT molecular complexity index is 684. The number of carbonyl (C=O) groups is 1. The van der Waals surface area contributed by atoms with E-state index in [-0.39, 0.29) is 5.91 Å². The average molecular weight is 416 g/mol. The summed E-state index contributed by atoms with van der Waals surface area (Å²) in [6.45, 7) is 15.5. The zero-order chi connectivity index (χ0) is 21.3. The quantitative estimate of drug-likeness (QED) is 0.420. The van der Waals surface area contributed by atoms with Gasteiger partial charge >= 0.3 is 0 Å². The average Bonchev–Trinajstić information content (AvgIpc) is 3.24. The zero-order valence-electron chi connectivity index (χ0n) is 18.6. The van der Waals surface area contributed by atoms with E-state index in [0.717, 1.165) is 57.4 Å². The number of rotatable bonds is 7. The van der Waals surface area contributed by atoms with Crippen LogP contribution in [0.4, 0.5) is 0 Å². The number of furan rings is 1. The number of guanidine groups is 1. The monoisotopic (exact) mass is 415 g/mol. The largest absolute Gasteiger partial charge is 0.469 e. The smallest absolute Gasteiger partial charge is 0.236 e. The van der Waals surface area contributed by atoms with Crippen LogP contribution in [-0.4, -0.2) is 85.5 Å². The molecule has 0 aromatic carbocycles. The molecule has 2 atom stereocenters. The summed E-state index contributed by atoms with van der Waals surface area (Å²) in [7, 11) is 0. The van der Waals surface area contributed by atoms with Gasteiger partial charge < -0.3 is 19.5 Å². The summed E-state index contributed by atoms with van der Waals surface area (Å²) in [4.78, 5) is 24.2. The van der Waals surface area contributed by atoms with Gasteiger partial charge in [0.15, 0.2) is 5.96 Å². The fourth-order valence-corrected chi connectivity index (χ4v) is 4.43. The van der Waals surface area contributed by atoms with Gasteiger partial charge in [-0.25, -0.2) is 0 Å². The highest BCUT2D eigenvalue weighted by molar-refractivity contribution is 5.80. The van der Waals surface area contributed by atoms with Gasteiger partial charge in [0.25, 0.3) is 0 Å². The van der Waals surface area contributed by atoms with Gasteiger partial charge in [-0.15, -0.1) is 6.58 Å². The summed E-state index contributed by atoms with van der Waals surface area (Å²) >= 11 is 0. The molecule has 3 rings (SSSR count). The minimum absolute atomic E-state index is 0.277. The number of likely N-dealkylation sites (tertiary alicyclic amines) is 1. The van der Waals surface area contributed by atoms with Crippen molar-refractivity contribution in [2.24, 2.45) is 16.8 Å². The maximum absolute atomic E-state index is 12.8. The van der Waals surface area contributed by atoms with Gasteiger partial charge in [0.2, 0.25) is 5.91 Å². The second-order valence-electron chi connectivity index (χ2n) is 8.71. The predicted octanol–water partition coefficient (Wildman–Crippen LogP) is 2.08. The molecule has 0 aliphatic carbocycles. The number of aliphatic imine (C=N–C) groups is 1. The first-order valence-corrected chi connectivity index (χ1v) is 11.2. The van der Waals surface area contributed by atoms with Crippen LogP contribution < -0.4 is 5.32 Å². The normalized spacial score (nSPS) is 23.5. The fraction of sp³-hybridized carbons (Fsp3) is 0.652. The number of nitrogens with one attached hydrogen (secondary N) is 1. The maximum Gasteiger partial charge on any atom is 0.236 e. The second kappa shape index (κ2) is 11.2. The van der Waals surface area contributed by atoms with Crippen LogP contribution in [-0.2, 0) is 11.2 Å². The minimum Gasteiger partial charge on any atom is -0.469 e. The summed E-state index contributed by atoms with van der Waals surface area (Å²) in [5.74, 6) is 3.34. The Morgan fingerprint density at radius 2 is 1.97 bits per heavy atom. The van der Waals surface area contributed by atoms with E-state index in [9.17, 15) is 4.79 Å². The highest BCUT2D eigenvalue weighted by atomic mass is 16.3. The number of piperazine rings is 1. The molecule has 0 radical (unpaired) electrons. The molecular formula is C23H37N5O2. The number of amides is 1. The molecule has 1 aromatic rings. The third-order valence-electron chi connectivity index (χ3n) is 5.86. The third-order valence-corrected chi connectivity index (χ3v) is 5.86. The second-order valence-corrected chi connectivity index (χ2v) is 8.71. The van der Waals surface area contributed by atoms with Crippen molar-refractivity contribution in [1.29, 1.82) is 0 Å². The minimum atomic E-state index is 0.277. The van der Waals surface area contributed by atoms with Gasteiger partial charge in [-0.2, -0.15) is 0 Å². The fourth-order valence-electron chi connectivity index (χ4n) is 4.43. The highest BCUT2D eigenvalue weighted by Gasteiger charge is 2.28. The first-order chi connectivity index (χ1) is 14.5. The number of piperidine rings is 1. The molecule has 7 nitrogen and oxygen atoms in total. The van der Waals surface area contributed by atoms with E-state index in [1.54, 1.807) is 6.26 Å². The van der Waals surface area contributed by atoms with Crippen LogP contribution in [0.2, 0.25) is 0 Å². The molecule has 2 saturated heterocycles. The molecule has 0 spiro atoms. The van der Waals surface area contributed by atoms with Crippen LogP contribution in [0.1, 0.15) is 26.0 Å². The maximum atomic E-state index is 12.8. The van der Waals surface area contributed by atoms with Gasteiger partial charge in [0, 0.05) is 58.8 Å². The van der Waals surface area contributed by atoms with E-state index in [2.05, 4.69) is 40.4 Å². The first-order valence-electron chi connectivity index (χ1n) is 11.2. The molecular weight excluding hydrogens is 378 g/mol. The lowest BCUT2D eigenvalue weighted by Gasteiger charge is -2.39. The van der Waals surface area contributed by atoms with Crippen LogP contribution in [0.3, 0.4) is 0 Å². The van der Waals surface area contributed by atoms with Crippen LogP contribution in [0, 0.1) is 11.8 Å². The Morgan fingerprint density at radius 3 is 2.60 bits per heavy atom. The summed E-state index contributed by atoms with van der Waals surface area (Å²) < 4.78 is 5.39. The van der Waals surface area contributed by atoms with Crippen molar-refractivity contribution in [2.45, 2.75) is 26.7 Å². The Balaban J connectivity index is 1.47. The Morgan fingerprint density at radius 1 is 1.23 bits per heavy atom. The van der Waals surface area contributed by atoms with Crippen molar-refractivity contribution < 1.29 is 9.21 Å². The van der Waals surface area contributed by atoms with Crippen molar-refractivity contribution in [3.63, 3.8) is 0 Å². The van der Waals surface area contributed by atoms with E-state index in [1.807, 2.05) is 18.2 Å². The molecule has 30 heavy (non-hydrogen) atoms. The van der Waals surface area contributed by atoms with E-state index in [4.69, 9.17) is 9.41 Å². The Hall–Kier alpha value is -2.28. The lowest BCUT2D eigenvalue weighted by atomic mass is 9.92. The first kappa shape index (κ1) is 22.4. The van der Waals surface area contributed by atoms with E-state index in [1.165, 1.54) is 6.42 Å². The standard InChI is InChI=1S/C23H37N5O2/c1-4-8-24-23(25-9-7-21-6-5-14-30-21)27-12-10-26(11-13-27)18-22(29)28-16-19(2)15-20(3)17-28/h4-6,14,19-20H,1,7-13,15-18H2,2-3H3,(H,24,25). The summed E-state index contributed by atoms with van der Waals surface area (Å²) in [5, 5.41) is 3.37. The molecule has 2 aliphatic heterocycles. The van der Waals surface area contributed by atoms with E-state index >= 15 is 0 Å². The molecule has 3 heterocycles.